The van der Waals surface area contributed by atoms with Crippen LogP contribution in [0.3, 0.4) is 0 Å². The summed E-state index contributed by atoms with van der Waals surface area (Å²) in [6.45, 7) is 2.85. The number of halogens is 4. The number of Topliss-reactive ketones (excluding diaryl/α,β-unsaturated/α-hetero) is 2. The number of nitrogens with one attached hydrogen (secondary N) is 1. The van der Waals surface area contributed by atoms with Gasteiger partial charge >= 0.3 is 0 Å². The molecule has 0 saturated carbocycles. The van der Waals surface area contributed by atoms with Crippen molar-refractivity contribution < 1.29 is 31.9 Å². The van der Waals surface area contributed by atoms with E-state index in [1.807, 2.05) is 0 Å². The van der Waals surface area contributed by atoms with Gasteiger partial charge in [-0.25, -0.2) is 22.5 Å². The zero-order chi connectivity index (χ0) is 34.5. The molecule has 1 fully saturated rings. The minimum Gasteiger partial charge on any atom is -0.348 e. The fourth-order valence-electron chi connectivity index (χ4n) is 6.12. The Morgan fingerprint density at radius 2 is 1.53 bits per heavy atom. The van der Waals surface area contributed by atoms with Crippen molar-refractivity contribution in [1.29, 1.82) is 0 Å². The number of ketones is 2. The smallest absolute Gasteiger partial charge is 0.251 e. The fraction of sp³-hybridized carbons (Fsp3) is 0.263. The number of benzene rings is 3. The van der Waals surface area contributed by atoms with Crippen LogP contribution < -0.4 is 5.32 Å². The number of hydrogen-bond donors (Lipinski definition) is 1. The largest absolute Gasteiger partial charge is 0.348 e. The molecule has 252 valence electrons. The first-order valence-electron chi connectivity index (χ1n) is 16.2. The van der Waals surface area contributed by atoms with Gasteiger partial charge in [-0.05, 0) is 116 Å². The lowest BCUT2D eigenvalue weighted by molar-refractivity contribution is 0.0945. The number of carbonyl (C=O) groups excluding carboxylic acids is 3. The van der Waals surface area contributed by atoms with Gasteiger partial charge in [-0.2, -0.15) is 0 Å². The SMILES string of the molecule is O=C(NCc1ccc(F)c(F)c1)c1ccc(F)c(CC(=O)c2cnc3cc(-c4ccc(C(=O)CCCN5CCCCC5)c(F)c4)ccn23)c1. The van der Waals surface area contributed by atoms with Gasteiger partial charge < -0.3 is 10.2 Å². The molecular weight excluding hydrogens is 636 g/mol. The van der Waals surface area contributed by atoms with Crippen LogP contribution in [0.5, 0.6) is 0 Å². The van der Waals surface area contributed by atoms with Crippen LogP contribution in [-0.4, -0.2) is 51.4 Å². The van der Waals surface area contributed by atoms with Crippen LogP contribution in [0.15, 0.2) is 79.1 Å². The highest BCUT2D eigenvalue weighted by atomic mass is 19.2. The van der Waals surface area contributed by atoms with Gasteiger partial charge in [0, 0.05) is 31.1 Å². The number of nitrogens with zero attached hydrogens (tertiary/aromatic N) is 3. The second-order valence-corrected chi connectivity index (χ2v) is 12.2. The first kappa shape index (κ1) is 33.7. The van der Waals surface area contributed by atoms with Crippen molar-refractivity contribution in [3.63, 3.8) is 0 Å². The maximum absolute atomic E-state index is 15.1. The quantitative estimate of drug-likeness (QED) is 0.111. The minimum absolute atomic E-state index is 0.00588. The molecule has 0 atom stereocenters. The van der Waals surface area contributed by atoms with Crippen molar-refractivity contribution >= 4 is 23.1 Å². The molecule has 0 spiro atoms. The minimum atomic E-state index is -1.04. The highest BCUT2D eigenvalue weighted by Crippen LogP contribution is 2.25. The summed E-state index contributed by atoms with van der Waals surface area (Å²) in [6, 6.07) is 14.8. The molecule has 3 aromatic carbocycles. The number of fused-ring (bicyclic) bond motifs is 1. The fourth-order valence-corrected chi connectivity index (χ4v) is 6.12. The van der Waals surface area contributed by atoms with E-state index in [4.69, 9.17) is 0 Å². The van der Waals surface area contributed by atoms with E-state index in [9.17, 15) is 27.6 Å². The number of amides is 1. The Kier molecular flexibility index (Phi) is 10.3. The maximum Gasteiger partial charge on any atom is 0.251 e. The molecule has 5 aromatic rings. The molecular formula is C38H34F4N4O3. The summed E-state index contributed by atoms with van der Waals surface area (Å²) in [5, 5.41) is 2.57. The predicted molar refractivity (Wildman–Crippen MR) is 176 cm³/mol. The molecule has 0 bridgehead atoms. The number of imidazole rings is 1. The number of hydrogen-bond acceptors (Lipinski definition) is 5. The van der Waals surface area contributed by atoms with E-state index < -0.39 is 35.0 Å². The van der Waals surface area contributed by atoms with Gasteiger partial charge in [-0.3, -0.25) is 18.8 Å². The van der Waals surface area contributed by atoms with Crippen molar-refractivity contribution in [2.24, 2.45) is 0 Å². The molecule has 1 amide bonds. The molecule has 11 heteroatoms. The number of piperidine rings is 1. The van der Waals surface area contributed by atoms with E-state index in [1.54, 1.807) is 28.8 Å². The average Bonchev–Trinajstić information content (AvgIpc) is 3.53. The van der Waals surface area contributed by atoms with Gasteiger partial charge in [-0.1, -0.05) is 18.6 Å². The first-order chi connectivity index (χ1) is 23.7. The Labute approximate surface area is 280 Å². The Balaban J connectivity index is 1.10. The normalized spacial score (nSPS) is 13.5. The van der Waals surface area contributed by atoms with Crippen LogP contribution in [0.25, 0.3) is 16.8 Å². The van der Waals surface area contributed by atoms with Crippen LogP contribution in [0.4, 0.5) is 17.6 Å². The molecule has 0 radical (unpaired) electrons. The van der Waals surface area contributed by atoms with E-state index >= 15 is 4.39 Å². The molecule has 7 nitrogen and oxygen atoms in total. The third kappa shape index (κ3) is 7.94. The van der Waals surface area contributed by atoms with E-state index in [0.717, 1.165) is 37.8 Å². The Morgan fingerprint density at radius 3 is 2.31 bits per heavy atom. The Morgan fingerprint density at radius 1 is 0.755 bits per heavy atom. The lowest BCUT2D eigenvalue weighted by Gasteiger charge is -2.26. The average molecular weight is 671 g/mol. The molecule has 49 heavy (non-hydrogen) atoms. The van der Waals surface area contributed by atoms with Crippen molar-refractivity contribution in [2.45, 2.75) is 45.1 Å². The van der Waals surface area contributed by atoms with Gasteiger partial charge in [0.2, 0.25) is 0 Å². The van der Waals surface area contributed by atoms with Crippen LogP contribution >= 0.6 is 0 Å². The second kappa shape index (κ2) is 14.9. The van der Waals surface area contributed by atoms with E-state index in [-0.39, 0.29) is 47.6 Å². The molecule has 1 aliphatic rings. The Hall–Kier alpha value is -5.16. The zero-order valence-corrected chi connectivity index (χ0v) is 26.7. The van der Waals surface area contributed by atoms with Gasteiger partial charge in [0.25, 0.3) is 5.91 Å². The molecule has 2 aromatic heterocycles. The third-order valence-electron chi connectivity index (χ3n) is 8.82. The van der Waals surface area contributed by atoms with Crippen molar-refractivity contribution in [3.05, 3.63) is 130 Å². The molecule has 1 aliphatic heterocycles. The van der Waals surface area contributed by atoms with Crippen molar-refractivity contribution in [1.82, 2.24) is 19.6 Å². The molecule has 6 rings (SSSR count). The number of carbonyl (C=O) groups is 3. The monoisotopic (exact) mass is 670 g/mol. The van der Waals surface area contributed by atoms with Crippen LogP contribution in [0, 0.1) is 23.3 Å². The number of likely N-dealkylation sites (tertiary alicyclic amines) is 1. The van der Waals surface area contributed by atoms with Crippen LogP contribution in [0.1, 0.15) is 74.4 Å². The number of pyridine rings is 1. The lowest BCUT2D eigenvalue weighted by Crippen LogP contribution is -2.30. The second-order valence-electron chi connectivity index (χ2n) is 12.2. The standard InChI is InChI=1S/C38H34F4N4O3/c39-30-11-8-27(38(49)44-22-24-6-10-31(40)33(42)17-24)18-28(30)20-36(48)34-23-43-37-21-26(12-16-46(34)37)25-7-9-29(32(41)19-25)35(47)5-4-15-45-13-2-1-3-14-45/h6-12,16-19,21,23H,1-5,13-15,20,22H2,(H,44,49). The number of aromatic nitrogens is 2. The van der Waals surface area contributed by atoms with Crippen LogP contribution in [-0.2, 0) is 13.0 Å². The third-order valence-corrected chi connectivity index (χ3v) is 8.82. The van der Waals surface area contributed by atoms with E-state index in [0.29, 0.717) is 28.8 Å². The summed E-state index contributed by atoms with van der Waals surface area (Å²) in [5.41, 5.74) is 2.26. The Bertz CT molecular complexity index is 2040. The first-order valence-corrected chi connectivity index (χ1v) is 16.2. The van der Waals surface area contributed by atoms with Gasteiger partial charge in [0.05, 0.1) is 11.8 Å². The predicted octanol–water partition coefficient (Wildman–Crippen LogP) is 7.36. The lowest BCUT2D eigenvalue weighted by atomic mass is 10.0. The van der Waals surface area contributed by atoms with Gasteiger partial charge in [0.1, 0.15) is 23.0 Å². The van der Waals surface area contributed by atoms with Gasteiger partial charge in [-0.15, -0.1) is 0 Å². The molecule has 0 aliphatic carbocycles. The summed E-state index contributed by atoms with van der Waals surface area (Å²) < 4.78 is 58.0. The summed E-state index contributed by atoms with van der Waals surface area (Å²) >= 11 is 0. The zero-order valence-electron chi connectivity index (χ0n) is 26.7. The maximum atomic E-state index is 15.1. The summed E-state index contributed by atoms with van der Waals surface area (Å²) in [7, 11) is 0. The molecule has 1 N–H and O–H groups in total. The van der Waals surface area contributed by atoms with E-state index in [2.05, 4.69) is 15.2 Å². The summed E-state index contributed by atoms with van der Waals surface area (Å²) in [6.07, 6.45) is 7.19. The highest BCUT2D eigenvalue weighted by molar-refractivity contribution is 5.98. The molecule has 0 unspecified atom stereocenters. The summed E-state index contributed by atoms with van der Waals surface area (Å²) in [5.74, 6) is -4.57. The number of rotatable bonds is 12. The summed E-state index contributed by atoms with van der Waals surface area (Å²) in [4.78, 5) is 45.4. The van der Waals surface area contributed by atoms with Crippen molar-refractivity contribution in [2.75, 3.05) is 19.6 Å². The highest BCUT2D eigenvalue weighted by Gasteiger charge is 2.19. The van der Waals surface area contributed by atoms with Crippen LogP contribution in [0.2, 0.25) is 0 Å². The topological polar surface area (TPSA) is 83.8 Å². The van der Waals surface area contributed by atoms with E-state index in [1.165, 1.54) is 55.8 Å². The van der Waals surface area contributed by atoms with Crippen molar-refractivity contribution in [3.8, 4) is 11.1 Å². The van der Waals surface area contributed by atoms with Gasteiger partial charge in [0.15, 0.2) is 23.2 Å². The molecule has 3 heterocycles. The molecule has 1 saturated heterocycles.